The van der Waals surface area contributed by atoms with Crippen LogP contribution >= 0.6 is 0 Å². The van der Waals surface area contributed by atoms with Crippen LogP contribution in [0.25, 0.3) is 0 Å². The summed E-state index contributed by atoms with van der Waals surface area (Å²) in [7, 11) is 0. The predicted octanol–water partition coefficient (Wildman–Crippen LogP) is 8.10. The fourth-order valence-electron chi connectivity index (χ4n) is 10.7. The number of carbonyl (C=O) groups excluding carboxylic acids is 3. The lowest BCUT2D eigenvalue weighted by atomic mass is 9.53. The van der Waals surface area contributed by atoms with Gasteiger partial charge in [-0.3, -0.25) is 4.79 Å². The van der Waals surface area contributed by atoms with Crippen LogP contribution in [0.2, 0.25) is 0 Å². The van der Waals surface area contributed by atoms with Crippen LogP contribution in [0.15, 0.2) is 0 Å². The molecule has 4 rings (SSSR count). The number of ether oxygens (including phenoxy) is 1. The van der Waals surface area contributed by atoms with E-state index in [4.69, 9.17) is 4.74 Å². The van der Waals surface area contributed by atoms with Gasteiger partial charge in [-0.1, -0.05) is 73.1 Å². The topological polar surface area (TPSA) is 80.7 Å². The lowest BCUT2D eigenvalue weighted by Gasteiger charge is -2.52. The largest absolute Gasteiger partial charge is 0.462 e. The Bertz CT molecular complexity index is 900. The summed E-state index contributed by atoms with van der Waals surface area (Å²) in [6.07, 6.45) is 18.2. The van der Waals surface area contributed by atoms with Gasteiger partial charge in [-0.2, -0.15) is 0 Å². The number of rotatable bonds is 15. The third kappa shape index (κ3) is 6.36. The average Bonchev–Trinajstić information content (AvgIpc) is 3.36. The molecule has 4 aliphatic carbocycles. The zero-order chi connectivity index (χ0) is 29.8. The van der Waals surface area contributed by atoms with Crippen molar-refractivity contribution < 1.29 is 24.2 Å². The Balaban J connectivity index is 1.39. The average molecular weight is 573 g/mol. The van der Waals surface area contributed by atoms with Gasteiger partial charge in [0.1, 0.15) is 18.7 Å². The van der Waals surface area contributed by atoms with Crippen molar-refractivity contribution in [3.63, 3.8) is 0 Å². The summed E-state index contributed by atoms with van der Waals surface area (Å²) in [6, 6.07) is 0. The lowest BCUT2D eigenvalue weighted by Crippen LogP contribution is -2.55. The fourth-order valence-corrected chi connectivity index (χ4v) is 10.7. The molecular formula is C36H60O5. The summed E-state index contributed by atoms with van der Waals surface area (Å²) in [5.41, 5.74) is -1.15. The molecule has 4 saturated carbocycles. The second-order valence-electron chi connectivity index (χ2n) is 15.7. The number of carbonyl (C=O) groups is 3. The third-order valence-electron chi connectivity index (χ3n) is 13.0. The van der Waals surface area contributed by atoms with Crippen molar-refractivity contribution >= 4 is 18.5 Å². The quantitative estimate of drug-likeness (QED) is 0.122. The molecule has 234 valence electrons. The van der Waals surface area contributed by atoms with Gasteiger partial charge in [-0.05, 0) is 92.3 Å². The van der Waals surface area contributed by atoms with Gasteiger partial charge in [0.25, 0.3) is 0 Å². The molecule has 0 amide bonds. The number of aldehydes is 2. The monoisotopic (exact) mass is 572 g/mol. The zero-order valence-electron chi connectivity index (χ0n) is 26.9. The van der Waals surface area contributed by atoms with E-state index in [0.29, 0.717) is 42.9 Å². The van der Waals surface area contributed by atoms with Crippen LogP contribution in [0, 0.1) is 52.3 Å². The highest BCUT2D eigenvalue weighted by atomic mass is 16.5. The van der Waals surface area contributed by atoms with Crippen molar-refractivity contribution in [1.29, 1.82) is 0 Å². The summed E-state index contributed by atoms with van der Waals surface area (Å²) in [5, 5.41) is 12.5. The number of aliphatic hydroxyl groups is 1. The fraction of sp³-hybridized carbons (Fsp3) is 0.917. The Labute approximate surface area is 250 Å². The van der Waals surface area contributed by atoms with E-state index in [1.54, 1.807) is 0 Å². The van der Waals surface area contributed by atoms with Crippen LogP contribution in [0.1, 0.15) is 144 Å². The molecule has 1 N–H and O–H groups in total. The van der Waals surface area contributed by atoms with Gasteiger partial charge in [0, 0.05) is 30.6 Å². The van der Waals surface area contributed by atoms with Crippen molar-refractivity contribution in [2.75, 3.05) is 0 Å². The molecule has 0 spiro atoms. The second kappa shape index (κ2) is 13.6. The lowest BCUT2D eigenvalue weighted by molar-refractivity contribution is -0.176. The Kier molecular flexibility index (Phi) is 10.8. The van der Waals surface area contributed by atoms with Crippen LogP contribution in [-0.2, 0) is 19.1 Å². The van der Waals surface area contributed by atoms with Gasteiger partial charge in [0.05, 0.1) is 5.60 Å². The first-order valence-electron chi connectivity index (χ1n) is 17.3. The first-order valence-corrected chi connectivity index (χ1v) is 17.3. The van der Waals surface area contributed by atoms with E-state index < -0.39 is 5.60 Å². The van der Waals surface area contributed by atoms with Crippen LogP contribution in [0.3, 0.4) is 0 Å². The van der Waals surface area contributed by atoms with Gasteiger partial charge < -0.3 is 19.4 Å². The van der Waals surface area contributed by atoms with E-state index >= 15 is 0 Å². The van der Waals surface area contributed by atoms with E-state index in [1.165, 1.54) is 38.5 Å². The molecule has 5 heteroatoms. The first kappa shape index (κ1) is 32.7. The number of esters is 1. The molecule has 0 aromatic heterocycles. The molecule has 0 aliphatic heterocycles. The van der Waals surface area contributed by atoms with Crippen molar-refractivity contribution in [2.24, 2.45) is 52.3 Å². The molecule has 41 heavy (non-hydrogen) atoms. The van der Waals surface area contributed by atoms with Crippen molar-refractivity contribution in [2.45, 2.75) is 155 Å². The standard InChI is InChI=1S/C36H60O5/c1-25(2)13-12-14-26(3)28-16-17-29-33-30(19-20-34(28,29)4)35(5)21-18-27(23-36(35,40)31(33)24-38)41-32(39)15-10-8-6-7-9-11-22-37/h22,24-31,33,40H,6-21,23H2,1-5H3/t26-,27+,28-,29+,30+,31-,33+,34-,35-,36-/m1/s1. The first-order chi connectivity index (χ1) is 19.5. The number of hydrogen-bond acceptors (Lipinski definition) is 5. The molecule has 0 aromatic carbocycles. The molecule has 0 heterocycles. The second-order valence-corrected chi connectivity index (χ2v) is 15.7. The van der Waals surface area contributed by atoms with Gasteiger partial charge in [0.15, 0.2) is 0 Å². The highest BCUT2D eigenvalue weighted by Crippen LogP contribution is 2.73. The number of hydrogen-bond donors (Lipinski definition) is 1. The minimum Gasteiger partial charge on any atom is -0.462 e. The molecule has 10 atom stereocenters. The van der Waals surface area contributed by atoms with Crippen molar-refractivity contribution in [3.05, 3.63) is 0 Å². The Hall–Kier alpha value is -1.23. The highest BCUT2D eigenvalue weighted by molar-refractivity contribution is 5.69. The minimum absolute atomic E-state index is 0.175. The predicted molar refractivity (Wildman–Crippen MR) is 163 cm³/mol. The normalized spacial score (nSPS) is 40.5. The van der Waals surface area contributed by atoms with Gasteiger partial charge in [-0.25, -0.2) is 0 Å². The Morgan fingerprint density at radius 1 is 0.902 bits per heavy atom. The van der Waals surface area contributed by atoms with Crippen LogP contribution < -0.4 is 0 Å². The van der Waals surface area contributed by atoms with Crippen LogP contribution in [0.4, 0.5) is 0 Å². The van der Waals surface area contributed by atoms with Gasteiger partial charge in [-0.15, -0.1) is 0 Å². The molecule has 0 aromatic rings. The van der Waals surface area contributed by atoms with E-state index in [9.17, 15) is 19.5 Å². The van der Waals surface area contributed by atoms with Gasteiger partial charge >= 0.3 is 5.97 Å². The summed E-state index contributed by atoms with van der Waals surface area (Å²) in [5.74, 6) is 2.72. The summed E-state index contributed by atoms with van der Waals surface area (Å²) in [6.45, 7) is 11.9. The number of fused-ring (bicyclic) bond motifs is 5. The molecule has 0 unspecified atom stereocenters. The highest BCUT2D eigenvalue weighted by Gasteiger charge is 2.72. The molecule has 5 nitrogen and oxygen atoms in total. The molecule has 4 aliphatic rings. The molecule has 0 bridgehead atoms. The van der Waals surface area contributed by atoms with E-state index in [2.05, 4.69) is 34.6 Å². The minimum atomic E-state index is -1.10. The summed E-state index contributed by atoms with van der Waals surface area (Å²) >= 11 is 0. The number of unbranched alkanes of at least 4 members (excludes halogenated alkanes) is 5. The van der Waals surface area contributed by atoms with E-state index in [1.807, 2.05) is 0 Å². The maximum absolute atomic E-state index is 12.9. The van der Waals surface area contributed by atoms with Crippen molar-refractivity contribution in [1.82, 2.24) is 0 Å². The Morgan fingerprint density at radius 2 is 1.63 bits per heavy atom. The summed E-state index contributed by atoms with van der Waals surface area (Å²) < 4.78 is 5.95. The maximum Gasteiger partial charge on any atom is 0.306 e. The van der Waals surface area contributed by atoms with Crippen LogP contribution in [-0.4, -0.2) is 35.4 Å². The van der Waals surface area contributed by atoms with Gasteiger partial charge in [0.2, 0.25) is 0 Å². The molecule has 4 fully saturated rings. The van der Waals surface area contributed by atoms with Crippen LogP contribution in [0.5, 0.6) is 0 Å². The van der Waals surface area contributed by atoms with Crippen molar-refractivity contribution in [3.8, 4) is 0 Å². The molecular weight excluding hydrogens is 512 g/mol. The maximum atomic E-state index is 12.9. The molecule has 0 saturated heterocycles. The Morgan fingerprint density at radius 3 is 2.34 bits per heavy atom. The summed E-state index contributed by atoms with van der Waals surface area (Å²) in [4.78, 5) is 36.0. The smallest absolute Gasteiger partial charge is 0.306 e. The SMILES string of the molecule is CC(C)CCC[C@@H](C)[C@H]1CC[C@H]2[C@@H]3[C@@H](C=O)[C@]4(O)C[C@@H](OC(=O)CCCCCCCC=O)CC[C@]4(C)[C@H]3CC[C@]12C. The van der Waals surface area contributed by atoms with E-state index in [-0.39, 0.29) is 34.7 Å². The third-order valence-corrected chi connectivity index (χ3v) is 13.0. The zero-order valence-corrected chi connectivity index (χ0v) is 26.9. The molecule has 0 radical (unpaired) electrons. The van der Waals surface area contributed by atoms with E-state index in [0.717, 1.165) is 69.9 Å².